The minimum absolute atomic E-state index is 0.104. The quantitative estimate of drug-likeness (QED) is 0.635. The van der Waals surface area contributed by atoms with E-state index < -0.39 is 0 Å². The average molecular weight is 228 g/mol. The topological polar surface area (TPSA) is 29.1 Å². The zero-order chi connectivity index (χ0) is 8.97. The summed E-state index contributed by atoms with van der Waals surface area (Å²) in [4.78, 5) is 11.2. The Hall–Kier alpha value is -0.830. The van der Waals surface area contributed by atoms with Gasteiger partial charge >= 0.3 is 0 Å². The molecule has 1 N–H and O–H groups in total. The van der Waals surface area contributed by atoms with E-state index in [9.17, 15) is 4.79 Å². The van der Waals surface area contributed by atoms with Crippen molar-refractivity contribution in [2.24, 2.45) is 0 Å². The molecule has 0 saturated carbocycles. The van der Waals surface area contributed by atoms with Crippen LogP contribution in [0.15, 0.2) is 24.3 Å². The first kappa shape index (κ1) is 9.26. The third kappa shape index (κ3) is 2.08. The van der Waals surface area contributed by atoms with Gasteiger partial charge in [0.05, 0.1) is 5.33 Å². The number of anilines is 1. The lowest BCUT2D eigenvalue weighted by molar-refractivity contribution is 0.102. The van der Waals surface area contributed by atoms with Crippen molar-refractivity contribution < 1.29 is 4.79 Å². The fraction of sp³-hybridized carbons (Fsp3) is 0.222. The molecular formula is C9H10BrNO. The van der Waals surface area contributed by atoms with Gasteiger partial charge in [-0.2, -0.15) is 0 Å². The molecule has 0 radical (unpaired) electrons. The second-order valence-electron chi connectivity index (χ2n) is 2.39. The van der Waals surface area contributed by atoms with Gasteiger partial charge < -0.3 is 5.32 Å². The van der Waals surface area contributed by atoms with Gasteiger partial charge in [0.2, 0.25) is 0 Å². The number of halogens is 1. The monoisotopic (exact) mass is 227 g/mol. The van der Waals surface area contributed by atoms with Crippen molar-refractivity contribution >= 4 is 27.4 Å². The number of nitrogens with one attached hydrogen (secondary N) is 1. The van der Waals surface area contributed by atoms with Crippen LogP contribution in [-0.2, 0) is 0 Å². The van der Waals surface area contributed by atoms with E-state index in [0.717, 1.165) is 11.3 Å². The molecule has 0 saturated heterocycles. The number of hydrogen-bond donors (Lipinski definition) is 1. The summed E-state index contributed by atoms with van der Waals surface area (Å²) >= 11 is 3.13. The molecule has 0 heterocycles. The highest BCUT2D eigenvalue weighted by molar-refractivity contribution is 9.09. The highest BCUT2D eigenvalue weighted by Gasteiger charge is 2.02. The van der Waals surface area contributed by atoms with Crippen LogP contribution in [0.3, 0.4) is 0 Å². The SMILES string of the molecule is CNc1cccc(C(=O)CBr)c1. The van der Waals surface area contributed by atoms with Gasteiger partial charge in [0.1, 0.15) is 0 Å². The molecule has 1 rings (SSSR count). The van der Waals surface area contributed by atoms with E-state index in [1.165, 1.54) is 0 Å². The number of rotatable bonds is 3. The molecular weight excluding hydrogens is 218 g/mol. The summed E-state index contributed by atoms with van der Waals surface area (Å²) in [5.74, 6) is 0.104. The summed E-state index contributed by atoms with van der Waals surface area (Å²) in [6.07, 6.45) is 0. The lowest BCUT2D eigenvalue weighted by Gasteiger charge is -2.01. The van der Waals surface area contributed by atoms with Gasteiger partial charge in [-0.3, -0.25) is 4.79 Å². The Morgan fingerprint density at radius 2 is 2.33 bits per heavy atom. The normalized spacial score (nSPS) is 9.50. The Labute approximate surface area is 80.1 Å². The number of Topliss-reactive ketones (excluding diaryl/α,β-unsaturated/α-hetero) is 1. The second kappa shape index (κ2) is 4.26. The molecule has 1 aromatic rings. The minimum atomic E-state index is 0.104. The molecule has 0 unspecified atom stereocenters. The van der Waals surface area contributed by atoms with E-state index in [1.807, 2.05) is 31.3 Å². The first-order chi connectivity index (χ1) is 5.77. The van der Waals surface area contributed by atoms with Gasteiger partial charge in [0.15, 0.2) is 5.78 Å². The maximum atomic E-state index is 11.2. The number of alkyl halides is 1. The number of hydrogen-bond acceptors (Lipinski definition) is 2. The van der Waals surface area contributed by atoms with Gasteiger partial charge in [-0.05, 0) is 12.1 Å². The largest absolute Gasteiger partial charge is 0.388 e. The van der Waals surface area contributed by atoms with E-state index in [-0.39, 0.29) is 5.78 Å². The molecule has 1 aromatic carbocycles. The van der Waals surface area contributed by atoms with Gasteiger partial charge in [-0.15, -0.1) is 0 Å². The molecule has 0 aliphatic rings. The van der Waals surface area contributed by atoms with Crippen LogP contribution in [0.1, 0.15) is 10.4 Å². The fourth-order valence-electron chi connectivity index (χ4n) is 0.925. The van der Waals surface area contributed by atoms with Crippen LogP contribution in [0.2, 0.25) is 0 Å². The third-order valence-electron chi connectivity index (χ3n) is 1.59. The number of carbonyl (C=O) groups is 1. The number of benzene rings is 1. The first-order valence-corrected chi connectivity index (χ1v) is 4.77. The lowest BCUT2D eigenvalue weighted by atomic mass is 10.1. The van der Waals surface area contributed by atoms with Crippen LogP contribution in [0.4, 0.5) is 5.69 Å². The zero-order valence-electron chi connectivity index (χ0n) is 6.80. The second-order valence-corrected chi connectivity index (χ2v) is 2.95. The van der Waals surface area contributed by atoms with E-state index in [2.05, 4.69) is 21.2 Å². The summed E-state index contributed by atoms with van der Waals surface area (Å²) in [6.45, 7) is 0. The molecule has 0 bridgehead atoms. The van der Waals surface area contributed by atoms with Gasteiger partial charge in [0, 0.05) is 18.3 Å². The molecule has 0 spiro atoms. The highest BCUT2D eigenvalue weighted by atomic mass is 79.9. The van der Waals surface area contributed by atoms with Crippen molar-refractivity contribution in [3.8, 4) is 0 Å². The predicted octanol–water partition coefficient (Wildman–Crippen LogP) is 2.31. The summed E-state index contributed by atoms with van der Waals surface area (Å²) in [5, 5.41) is 3.35. The Morgan fingerprint density at radius 1 is 1.58 bits per heavy atom. The molecule has 0 aliphatic carbocycles. The molecule has 2 nitrogen and oxygen atoms in total. The zero-order valence-corrected chi connectivity index (χ0v) is 8.39. The summed E-state index contributed by atoms with van der Waals surface area (Å²) in [5.41, 5.74) is 1.69. The molecule has 3 heteroatoms. The Kier molecular flexibility index (Phi) is 3.29. The standard InChI is InChI=1S/C9H10BrNO/c1-11-8-4-2-3-7(5-8)9(12)6-10/h2-5,11H,6H2,1H3. The summed E-state index contributed by atoms with van der Waals surface area (Å²) in [7, 11) is 1.83. The highest BCUT2D eigenvalue weighted by Crippen LogP contribution is 2.10. The molecule has 64 valence electrons. The van der Waals surface area contributed by atoms with Gasteiger partial charge in [-0.1, -0.05) is 28.1 Å². The number of carbonyl (C=O) groups excluding carboxylic acids is 1. The maximum absolute atomic E-state index is 11.2. The lowest BCUT2D eigenvalue weighted by Crippen LogP contribution is -2.00. The Bertz CT molecular complexity index is 286. The maximum Gasteiger partial charge on any atom is 0.173 e. The molecule has 0 atom stereocenters. The van der Waals surface area contributed by atoms with Crippen LogP contribution in [0.25, 0.3) is 0 Å². The van der Waals surface area contributed by atoms with E-state index in [0.29, 0.717) is 5.33 Å². The number of ketones is 1. The van der Waals surface area contributed by atoms with Crippen LogP contribution in [0, 0.1) is 0 Å². The first-order valence-electron chi connectivity index (χ1n) is 3.65. The van der Waals surface area contributed by atoms with Crippen molar-refractivity contribution in [3.05, 3.63) is 29.8 Å². The van der Waals surface area contributed by atoms with Crippen LogP contribution < -0.4 is 5.32 Å². The Balaban J connectivity index is 2.93. The molecule has 0 amide bonds. The minimum Gasteiger partial charge on any atom is -0.388 e. The van der Waals surface area contributed by atoms with Crippen molar-refractivity contribution in [2.45, 2.75) is 0 Å². The van der Waals surface area contributed by atoms with Crippen molar-refractivity contribution in [2.75, 3.05) is 17.7 Å². The molecule has 12 heavy (non-hydrogen) atoms. The van der Waals surface area contributed by atoms with Crippen molar-refractivity contribution in [1.82, 2.24) is 0 Å². The molecule has 0 fully saturated rings. The van der Waals surface area contributed by atoms with Crippen LogP contribution in [0.5, 0.6) is 0 Å². The Morgan fingerprint density at radius 3 is 2.92 bits per heavy atom. The van der Waals surface area contributed by atoms with Crippen LogP contribution >= 0.6 is 15.9 Å². The van der Waals surface area contributed by atoms with E-state index >= 15 is 0 Å². The molecule has 0 aromatic heterocycles. The predicted molar refractivity (Wildman–Crippen MR) is 54.1 cm³/mol. The summed E-state index contributed by atoms with van der Waals surface area (Å²) in [6, 6.07) is 7.43. The average Bonchev–Trinajstić information content (AvgIpc) is 2.17. The van der Waals surface area contributed by atoms with Gasteiger partial charge in [0.25, 0.3) is 0 Å². The fourth-order valence-corrected chi connectivity index (χ4v) is 1.25. The van der Waals surface area contributed by atoms with E-state index in [1.54, 1.807) is 0 Å². The van der Waals surface area contributed by atoms with E-state index in [4.69, 9.17) is 0 Å². The third-order valence-corrected chi connectivity index (χ3v) is 2.10. The molecule has 0 aliphatic heterocycles. The smallest absolute Gasteiger partial charge is 0.173 e. The van der Waals surface area contributed by atoms with Gasteiger partial charge in [-0.25, -0.2) is 0 Å². The van der Waals surface area contributed by atoms with Crippen LogP contribution in [-0.4, -0.2) is 18.2 Å². The summed E-state index contributed by atoms with van der Waals surface area (Å²) < 4.78 is 0. The van der Waals surface area contributed by atoms with Crippen molar-refractivity contribution in [3.63, 3.8) is 0 Å². The van der Waals surface area contributed by atoms with Crippen molar-refractivity contribution in [1.29, 1.82) is 0 Å².